The van der Waals surface area contributed by atoms with Gasteiger partial charge in [-0.25, -0.2) is 0 Å². The first-order valence-electron chi connectivity index (χ1n) is 14.3. The fraction of sp³-hybridized carbons (Fsp3) is 0.710. The number of hydrogen-bond donors (Lipinski definition) is 2. The number of nitrogens with zero attached hydrogens (tertiary/aromatic N) is 1. The van der Waals surface area contributed by atoms with Gasteiger partial charge in [0.2, 0.25) is 5.91 Å². The van der Waals surface area contributed by atoms with Gasteiger partial charge in [0, 0.05) is 23.1 Å². The fourth-order valence-corrected chi connectivity index (χ4v) is 5.54. The zero-order chi connectivity index (χ0) is 29.3. The number of aliphatic carboxylic acids is 1. The Morgan fingerprint density at radius 3 is 2.21 bits per heavy atom. The van der Waals surface area contributed by atoms with Crippen LogP contribution in [0.25, 0.3) is 0 Å². The van der Waals surface area contributed by atoms with E-state index in [1.165, 1.54) is 0 Å². The molecule has 2 aliphatic carbocycles. The third kappa shape index (κ3) is 11.0. The standard InChI is InChI=1S/C31H48N2O5S/c1-20(2)28(32)30(37)38-25-14-12-24(13-15-25)33(29(36)23-10-8-21(3)9-11-23)22(4)18-26(39-19-27(34)35)16-17-31(5,6)7/h18,20-21,23-25,28H,4,8-15,19,32H2,1-3,5-7H3,(H,34,35). The van der Waals surface area contributed by atoms with E-state index < -0.39 is 12.0 Å². The summed E-state index contributed by atoms with van der Waals surface area (Å²) in [4.78, 5) is 40.0. The topological polar surface area (TPSA) is 110 Å². The van der Waals surface area contributed by atoms with Gasteiger partial charge in [0.1, 0.15) is 12.1 Å². The van der Waals surface area contributed by atoms with Gasteiger partial charge in [-0.1, -0.05) is 39.2 Å². The highest BCUT2D eigenvalue weighted by Gasteiger charge is 2.36. The normalized spacial score (nSPS) is 24.8. The molecule has 2 rings (SSSR count). The van der Waals surface area contributed by atoms with Crippen molar-refractivity contribution in [1.82, 2.24) is 4.90 Å². The van der Waals surface area contributed by atoms with Crippen molar-refractivity contribution in [2.75, 3.05) is 5.75 Å². The molecule has 0 heterocycles. The van der Waals surface area contributed by atoms with Crippen LogP contribution in [-0.2, 0) is 19.1 Å². The highest BCUT2D eigenvalue weighted by molar-refractivity contribution is 8.04. The molecule has 39 heavy (non-hydrogen) atoms. The van der Waals surface area contributed by atoms with E-state index in [1.54, 1.807) is 6.08 Å². The Balaban J connectivity index is 2.27. The summed E-state index contributed by atoms with van der Waals surface area (Å²) < 4.78 is 5.70. The number of thioether (sulfide) groups is 1. The first-order chi connectivity index (χ1) is 18.2. The highest BCUT2D eigenvalue weighted by atomic mass is 32.2. The maximum Gasteiger partial charge on any atom is 0.323 e. The van der Waals surface area contributed by atoms with E-state index in [4.69, 9.17) is 10.5 Å². The first-order valence-corrected chi connectivity index (χ1v) is 15.2. The van der Waals surface area contributed by atoms with Gasteiger partial charge in [-0.2, -0.15) is 0 Å². The van der Waals surface area contributed by atoms with E-state index in [0.717, 1.165) is 37.4 Å². The number of allylic oxidation sites excluding steroid dienone is 2. The number of rotatable bonds is 10. The molecular weight excluding hydrogens is 512 g/mol. The minimum atomic E-state index is -0.927. The number of ether oxygens (including phenoxy) is 1. The monoisotopic (exact) mass is 560 g/mol. The molecule has 2 aliphatic rings. The van der Waals surface area contributed by atoms with Gasteiger partial charge in [-0.15, -0.1) is 11.8 Å². The van der Waals surface area contributed by atoms with Crippen LogP contribution >= 0.6 is 11.8 Å². The number of carbonyl (C=O) groups is 3. The lowest BCUT2D eigenvalue weighted by Crippen LogP contribution is -2.46. The maximum atomic E-state index is 13.9. The fourth-order valence-electron chi connectivity index (χ4n) is 4.92. The zero-order valence-electron chi connectivity index (χ0n) is 24.6. The molecule has 0 radical (unpaired) electrons. The van der Waals surface area contributed by atoms with Gasteiger partial charge in [-0.05, 0) is 90.0 Å². The Morgan fingerprint density at radius 1 is 1.10 bits per heavy atom. The molecule has 0 aromatic heterocycles. The van der Waals surface area contributed by atoms with Gasteiger partial charge in [-0.3, -0.25) is 14.4 Å². The predicted octanol–water partition coefficient (Wildman–Crippen LogP) is 5.74. The number of carboxylic acid groups (broad SMARTS) is 1. The van der Waals surface area contributed by atoms with Crippen molar-refractivity contribution >= 4 is 29.6 Å². The summed E-state index contributed by atoms with van der Waals surface area (Å²) in [5.41, 5.74) is 6.25. The largest absolute Gasteiger partial charge is 0.481 e. The average Bonchev–Trinajstić information content (AvgIpc) is 2.86. The summed E-state index contributed by atoms with van der Waals surface area (Å²) in [6, 6.07) is -0.717. The van der Waals surface area contributed by atoms with Crippen molar-refractivity contribution in [2.45, 2.75) is 111 Å². The number of amides is 1. The molecular formula is C31H48N2O5S. The molecule has 1 unspecified atom stereocenters. The van der Waals surface area contributed by atoms with Crippen molar-refractivity contribution in [3.8, 4) is 11.8 Å². The summed E-state index contributed by atoms with van der Waals surface area (Å²) in [7, 11) is 0. The molecule has 0 bridgehead atoms. The van der Waals surface area contributed by atoms with Crippen molar-refractivity contribution in [3.05, 3.63) is 23.3 Å². The molecule has 0 saturated heterocycles. The number of nitrogens with two attached hydrogens (primary N) is 1. The minimum absolute atomic E-state index is 0.00449. The molecule has 0 aromatic carbocycles. The number of carboxylic acids is 1. The molecule has 2 fully saturated rings. The van der Waals surface area contributed by atoms with Crippen molar-refractivity contribution in [2.24, 2.45) is 28.9 Å². The predicted molar refractivity (Wildman–Crippen MR) is 157 cm³/mol. The summed E-state index contributed by atoms with van der Waals surface area (Å²) in [5, 5.41) is 9.24. The van der Waals surface area contributed by atoms with E-state index >= 15 is 0 Å². The number of esters is 1. The van der Waals surface area contributed by atoms with Gasteiger partial charge in [0.05, 0.1) is 10.7 Å². The Labute approximate surface area is 239 Å². The SMILES string of the molecule is C=C(C=C(C#CC(C)(C)C)SCC(=O)O)N(C(=O)C1CCC(C)CC1)C1CCC(OC(=O)C(N)C(C)C)CC1. The van der Waals surface area contributed by atoms with E-state index in [-0.39, 0.29) is 47.0 Å². The Morgan fingerprint density at radius 2 is 1.69 bits per heavy atom. The third-order valence-electron chi connectivity index (χ3n) is 7.40. The third-order valence-corrected chi connectivity index (χ3v) is 8.33. The van der Waals surface area contributed by atoms with Crippen molar-refractivity contribution in [1.29, 1.82) is 0 Å². The van der Waals surface area contributed by atoms with Crippen molar-refractivity contribution in [3.63, 3.8) is 0 Å². The summed E-state index contributed by atoms with van der Waals surface area (Å²) in [6.45, 7) is 16.3. The lowest BCUT2D eigenvalue weighted by Gasteiger charge is -2.40. The molecule has 1 amide bonds. The van der Waals surface area contributed by atoms with Gasteiger partial charge >= 0.3 is 11.9 Å². The van der Waals surface area contributed by atoms with Crippen molar-refractivity contribution < 1.29 is 24.2 Å². The molecule has 1 atom stereocenters. The van der Waals surface area contributed by atoms with Crippen LogP contribution in [0.1, 0.15) is 92.9 Å². The molecule has 218 valence electrons. The van der Waals surface area contributed by atoms with Crippen LogP contribution in [0.4, 0.5) is 0 Å². The molecule has 3 N–H and O–H groups in total. The van der Waals surface area contributed by atoms with E-state index in [9.17, 15) is 19.5 Å². The van der Waals surface area contributed by atoms with Gasteiger partial charge < -0.3 is 20.5 Å². The van der Waals surface area contributed by atoms with E-state index in [2.05, 4.69) is 25.3 Å². The van der Waals surface area contributed by atoms with E-state index in [0.29, 0.717) is 42.2 Å². The molecule has 8 heteroatoms. The second-order valence-electron chi connectivity index (χ2n) is 12.5. The summed E-state index contributed by atoms with van der Waals surface area (Å²) >= 11 is 1.14. The van der Waals surface area contributed by atoms with Crippen LogP contribution in [0.3, 0.4) is 0 Å². The quantitative estimate of drug-likeness (QED) is 0.199. The Kier molecular flexibility index (Phi) is 12.6. The van der Waals surface area contributed by atoms with Crippen LogP contribution in [0.5, 0.6) is 0 Å². The average molecular weight is 561 g/mol. The minimum Gasteiger partial charge on any atom is -0.481 e. The lowest BCUT2D eigenvalue weighted by molar-refractivity contribution is -0.154. The van der Waals surface area contributed by atoms with Gasteiger partial charge in [0.15, 0.2) is 0 Å². The lowest BCUT2D eigenvalue weighted by atomic mass is 9.81. The zero-order valence-corrected chi connectivity index (χ0v) is 25.4. The second-order valence-corrected chi connectivity index (χ2v) is 13.5. The van der Waals surface area contributed by atoms with Crippen LogP contribution in [0.2, 0.25) is 0 Å². The molecule has 2 saturated carbocycles. The molecule has 0 aliphatic heterocycles. The molecule has 0 aromatic rings. The first kappa shape index (κ1) is 33.0. The molecule has 0 spiro atoms. The summed E-state index contributed by atoms with van der Waals surface area (Å²) in [5.74, 6) is 5.52. The van der Waals surface area contributed by atoms with Crippen LogP contribution < -0.4 is 5.73 Å². The van der Waals surface area contributed by atoms with Gasteiger partial charge in [0.25, 0.3) is 0 Å². The number of hydrogen-bond acceptors (Lipinski definition) is 6. The second kappa shape index (κ2) is 14.9. The molecule has 7 nitrogen and oxygen atoms in total. The maximum absolute atomic E-state index is 13.9. The smallest absolute Gasteiger partial charge is 0.323 e. The van der Waals surface area contributed by atoms with Crippen LogP contribution in [-0.4, -0.2) is 51.8 Å². The Bertz CT molecular complexity index is 971. The van der Waals surface area contributed by atoms with Crippen LogP contribution in [0.15, 0.2) is 23.3 Å². The van der Waals surface area contributed by atoms with Crippen LogP contribution in [0, 0.1) is 35.0 Å². The highest BCUT2D eigenvalue weighted by Crippen LogP contribution is 2.35. The summed E-state index contributed by atoms with van der Waals surface area (Å²) in [6.07, 6.45) is 7.99. The van der Waals surface area contributed by atoms with E-state index in [1.807, 2.05) is 39.5 Å². The Hall–Kier alpha value is -2.24. The number of carbonyl (C=O) groups excluding carboxylic acids is 2.